The van der Waals surface area contributed by atoms with Crippen LogP contribution in [0.25, 0.3) is 0 Å². The Morgan fingerprint density at radius 3 is 2.81 bits per heavy atom. The van der Waals surface area contributed by atoms with Gasteiger partial charge < -0.3 is 9.47 Å². The van der Waals surface area contributed by atoms with E-state index in [9.17, 15) is 0 Å². The highest BCUT2D eigenvalue weighted by Gasteiger charge is 2.18. The van der Waals surface area contributed by atoms with Crippen molar-refractivity contribution in [3.63, 3.8) is 0 Å². The topological polar surface area (TPSA) is 69.4 Å². The Balaban J connectivity index is 2.87. The van der Waals surface area contributed by atoms with E-state index in [0.29, 0.717) is 6.61 Å². The minimum Gasteiger partial charge on any atom is -0.492 e. The average Bonchev–Trinajstić information content (AvgIpc) is 2.31. The fraction of sp³-hybridized carbons (Fsp3) is 0.545. The Bertz CT molecular complexity index is 320. The third-order valence-corrected chi connectivity index (χ3v) is 2.43. The molecule has 1 rings (SSSR count). The molecule has 2 atom stereocenters. The van der Waals surface area contributed by atoms with E-state index in [-0.39, 0.29) is 12.1 Å². The van der Waals surface area contributed by atoms with Gasteiger partial charge in [0, 0.05) is 13.3 Å². The van der Waals surface area contributed by atoms with Crippen LogP contribution in [-0.4, -0.2) is 24.8 Å². The van der Waals surface area contributed by atoms with Gasteiger partial charge in [0.15, 0.2) is 0 Å². The van der Waals surface area contributed by atoms with Gasteiger partial charge in [-0.2, -0.15) is 0 Å². The van der Waals surface area contributed by atoms with Crippen LogP contribution in [0.1, 0.15) is 25.5 Å². The van der Waals surface area contributed by atoms with Crippen molar-refractivity contribution >= 4 is 0 Å². The highest BCUT2D eigenvalue weighted by Crippen LogP contribution is 2.21. The molecule has 1 aromatic heterocycles. The van der Waals surface area contributed by atoms with Crippen LogP contribution in [0.3, 0.4) is 0 Å². The second kappa shape index (κ2) is 6.42. The van der Waals surface area contributed by atoms with E-state index in [2.05, 4.69) is 10.4 Å². The van der Waals surface area contributed by atoms with Gasteiger partial charge in [0.2, 0.25) is 0 Å². The van der Waals surface area contributed by atoms with Crippen molar-refractivity contribution < 1.29 is 9.47 Å². The third kappa shape index (κ3) is 3.16. The van der Waals surface area contributed by atoms with Gasteiger partial charge in [-0.3, -0.25) is 16.3 Å². The van der Waals surface area contributed by atoms with Gasteiger partial charge in [-0.05, 0) is 25.5 Å². The average molecular weight is 225 g/mol. The largest absolute Gasteiger partial charge is 0.492 e. The molecule has 0 saturated carbocycles. The normalized spacial score (nSPS) is 14.5. The zero-order valence-corrected chi connectivity index (χ0v) is 9.93. The van der Waals surface area contributed by atoms with Crippen molar-refractivity contribution in [1.29, 1.82) is 0 Å². The smallest absolute Gasteiger partial charge is 0.137 e. The molecule has 0 aromatic carbocycles. The number of rotatable bonds is 6. The number of ether oxygens (including phenoxy) is 2. The van der Waals surface area contributed by atoms with Gasteiger partial charge in [-0.25, -0.2) is 0 Å². The van der Waals surface area contributed by atoms with Crippen molar-refractivity contribution in [3.05, 3.63) is 24.0 Å². The SMILES string of the molecule is CCOc1cncc(C(NN)C(C)OC)c1. The van der Waals surface area contributed by atoms with Crippen molar-refractivity contribution in [1.82, 2.24) is 10.4 Å². The number of hydrazine groups is 1. The monoisotopic (exact) mass is 225 g/mol. The maximum absolute atomic E-state index is 5.51. The quantitative estimate of drug-likeness (QED) is 0.559. The predicted molar refractivity (Wildman–Crippen MR) is 61.9 cm³/mol. The first-order valence-electron chi connectivity index (χ1n) is 5.29. The summed E-state index contributed by atoms with van der Waals surface area (Å²) in [6.45, 7) is 4.49. The van der Waals surface area contributed by atoms with Gasteiger partial charge in [0.1, 0.15) is 5.75 Å². The third-order valence-electron chi connectivity index (χ3n) is 2.43. The maximum atomic E-state index is 5.51. The number of nitrogens with zero attached hydrogens (tertiary/aromatic N) is 1. The second-order valence-corrected chi connectivity index (χ2v) is 3.47. The molecular formula is C11H19N3O2. The number of aromatic nitrogens is 1. The number of pyridine rings is 1. The molecule has 0 aliphatic carbocycles. The van der Waals surface area contributed by atoms with Crippen LogP contribution in [-0.2, 0) is 4.74 Å². The van der Waals surface area contributed by atoms with E-state index >= 15 is 0 Å². The summed E-state index contributed by atoms with van der Waals surface area (Å²) in [6, 6.07) is 1.81. The Labute approximate surface area is 95.9 Å². The number of hydrogen-bond acceptors (Lipinski definition) is 5. The van der Waals surface area contributed by atoms with Crippen LogP contribution in [0.5, 0.6) is 5.75 Å². The lowest BCUT2D eigenvalue weighted by atomic mass is 10.1. The molecule has 0 aliphatic heterocycles. The minimum atomic E-state index is -0.0992. The molecule has 2 unspecified atom stereocenters. The zero-order valence-electron chi connectivity index (χ0n) is 9.93. The molecule has 90 valence electrons. The number of methoxy groups -OCH3 is 1. The summed E-state index contributed by atoms with van der Waals surface area (Å²) >= 11 is 0. The van der Waals surface area contributed by atoms with E-state index in [4.69, 9.17) is 15.3 Å². The highest BCUT2D eigenvalue weighted by atomic mass is 16.5. The molecule has 0 saturated heterocycles. The standard InChI is InChI=1S/C11H19N3O2/c1-4-16-10-5-9(6-13-7-10)11(14-12)8(2)15-3/h5-8,11,14H,4,12H2,1-3H3. The molecule has 1 heterocycles. The molecular weight excluding hydrogens is 206 g/mol. The summed E-state index contributed by atoms with van der Waals surface area (Å²) in [7, 11) is 1.65. The van der Waals surface area contributed by atoms with Crippen molar-refractivity contribution in [2.24, 2.45) is 5.84 Å². The fourth-order valence-electron chi connectivity index (χ4n) is 1.49. The minimum absolute atomic E-state index is 0.0383. The van der Waals surface area contributed by atoms with Crippen molar-refractivity contribution in [2.75, 3.05) is 13.7 Å². The van der Waals surface area contributed by atoms with Gasteiger partial charge in [0.25, 0.3) is 0 Å². The van der Waals surface area contributed by atoms with Crippen LogP contribution < -0.4 is 16.0 Å². The van der Waals surface area contributed by atoms with Gasteiger partial charge in [-0.15, -0.1) is 0 Å². The summed E-state index contributed by atoms with van der Waals surface area (Å²) in [6.07, 6.45) is 3.39. The van der Waals surface area contributed by atoms with Crippen LogP contribution in [0.15, 0.2) is 18.5 Å². The predicted octanol–water partition coefficient (Wildman–Crippen LogP) is 1.02. The maximum Gasteiger partial charge on any atom is 0.137 e. The molecule has 5 nitrogen and oxygen atoms in total. The number of nitrogens with two attached hydrogens (primary N) is 1. The van der Waals surface area contributed by atoms with Gasteiger partial charge in [-0.1, -0.05) is 0 Å². The van der Waals surface area contributed by atoms with E-state index in [1.165, 1.54) is 0 Å². The molecule has 0 radical (unpaired) electrons. The lowest BCUT2D eigenvalue weighted by Crippen LogP contribution is -2.36. The zero-order chi connectivity index (χ0) is 12.0. The Morgan fingerprint density at radius 2 is 2.25 bits per heavy atom. The van der Waals surface area contributed by atoms with Crippen molar-refractivity contribution in [2.45, 2.75) is 26.0 Å². The molecule has 3 N–H and O–H groups in total. The molecule has 0 fully saturated rings. The lowest BCUT2D eigenvalue weighted by molar-refractivity contribution is 0.0829. The van der Waals surface area contributed by atoms with Crippen LogP contribution in [0.4, 0.5) is 0 Å². The Kier molecular flexibility index (Phi) is 5.18. The molecule has 0 bridgehead atoms. The summed E-state index contributed by atoms with van der Waals surface area (Å²) in [5.74, 6) is 6.25. The van der Waals surface area contributed by atoms with Crippen LogP contribution in [0.2, 0.25) is 0 Å². The molecule has 5 heteroatoms. The summed E-state index contributed by atoms with van der Waals surface area (Å²) in [5, 5.41) is 0. The summed E-state index contributed by atoms with van der Waals surface area (Å²) < 4.78 is 10.6. The molecule has 16 heavy (non-hydrogen) atoms. The van der Waals surface area contributed by atoms with Gasteiger partial charge in [0.05, 0.1) is 24.9 Å². The summed E-state index contributed by atoms with van der Waals surface area (Å²) in [4.78, 5) is 4.11. The van der Waals surface area contributed by atoms with E-state index in [1.54, 1.807) is 19.5 Å². The Morgan fingerprint density at radius 1 is 1.50 bits per heavy atom. The first-order valence-corrected chi connectivity index (χ1v) is 5.29. The number of hydrogen-bond donors (Lipinski definition) is 2. The van der Waals surface area contributed by atoms with Crippen molar-refractivity contribution in [3.8, 4) is 5.75 Å². The number of nitrogens with one attached hydrogen (secondary N) is 1. The first-order chi connectivity index (χ1) is 7.72. The van der Waals surface area contributed by atoms with Gasteiger partial charge >= 0.3 is 0 Å². The van der Waals surface area contributed by atoms with E-state index in [1.807, 2.05) is 19.9 Å². The molecule has 0 aliphatic rings. The van der Waals surface area contributed by atoms with Crippen LogP contribution in [0, 0.1) is 0 Å². The fourth-order valence-corrected chi connectivity index (χ4v) is 1.49. The molecule has 0 amide bonds. The molecule has 0 spiro atoms. The highest BCUT2D eigenvalue weighted by molar-refractivity contribution is 5.26. The van der Waals surface area contributed by atoms with E-state index < -0.39 is 0 Å². The second-order valence-electron chi connectivity index (χ2n) is 3.47. The van der Waals surface area contributed by atoms with E-state index in [0.717, 1.165) is 11.3 Å². The summed E-state index contributed by atoms with van der Waals surface area (Å²) in [5.41, 5.74) is 3.66. The van der Waals surface area contributed by atoms with Crippen LogP contribution >= 0.6 is 0 Å². The first kappa shape index (κ1) is 12.9. The lowest BCUT2D eigenvalue weighted by Gasteiger charge is -2.22. The molecule has 1 aromatic rings. The Hall–Kier alpha value is -1.17.